The number of hydrogen-bond donors (Lipinski definition) is 3. The molecular weight excluding hydrogens is 669 g/mol. The molecule has 0 aliphatic carbocycles. The lowest BCUT2D eigenvalue weighted by Crippen LogP contribution is -2.34. The third-order valence-electron chi connectivity index (χ3n) is 7.63. The predicted molar refractivity (Wildman–Crippen MR) is 190 cm³/mol. The van der Waals surface area contributed by atoms with Crippen molar-refractivity contribution in [3.63, 3.8) is 0 Å². The standard InChI is InChI=1S/C33H38N8O6S2/c1-7-40(18-17-34-48(6,43)44)25-15-16-27(21(2)19-25)36-28-29(33(3,4)5)38-41-31(28)37-30(39-41)22-11-13-24(14-12-22)35-32(42)23-9-8-10-26(20-23)49(45,46)47/h8-16,19-20,34H,7,17-18H2,1-6H3,(H,35,42)(H,45,46,47)/b36-28-. The summed E-state index contributed by atoms with van der Waals surface area (Å²) in [5.41, 5.74) is 4.79. The first kappa shape index (κ1) is 35.5. The van der Waals surface area contributed by atoms with Crippen LogP contribution >= 0.6 is 0 Å². The first-order chi connectivity index (χ1) is 22.9. The number of rotatable bonds is 11. The maximum absolute atomic E-state index is 12.7. The van der Waals surface area contributed by atoms with E-state index in [1.54, 1.807) is 24.3 Å². The number of aliphatic imine (C=N–C) groups is 1. The van der Waals surface area contributed by atoms with Crippen LogP contribution in [0, 0.1) is 12.3 Å². The highest BCUT2D eigenvalue weighted by molar-refractivity contribution is 7.88. The van der Waals surface area contributed by atoms with Crippen molar-refractivity contribution >= 4 is 54.5 Å². The van der Waals surface area contributed by atoms with E-state index in [0.717, 1.165) is 35.0 Å². The van der Waals surface area contributed by atoms with Gasteiger partial charge in [0.25, 0.3) is 16.0 Å². The van der Waals surface area contributed by atoms with Gasteiger partial charge in [-0.2, -0.15) is 13.5 Å². The van der Waals surface area contributed by atoms with Gasteiger partial charge in [0.05, 0.1) is 22.6 Å². The summed E-state index contributed by atoms with van der Waals surface area (Å²) in [7, 11) is -7.72. The maximum atomic E-state index is 12.7. The molecule has 0 fully saturated rings. The average molecular weight is 707 g/mol. The van der Waals surface area contributed by atoms with Crippen LogP contribution in [-0.4, -0.2) is 79.5 Å². The molecule has 0 saturated carbocycles. The van der Waals surface area contributed by atoms with E-state index in [-0.39, 0.29) is 15.9 Å². The maximum Gasteiger partial charge on any atom is 0.294 e. The molecular formula is C33H38N8O6S2. The summed E-state index contributed by atoms with van der Waals surface area (Å²) in [6.07, 6.45) is 1.14. The highest BCUT2D eigenvalue weighted by Gasteiger charge is 2.35. The second-order valence-corrected chi connectivity index (χ2v) is 15.8. The van der Waals surface area contributed by atoms with Crippen LogP contribution in [0.4, 0.5) is 17.1 Å². The summed E-state index contributed by atoms with van der Waals surface area (Å²) in [5.74, 6) is 0.352. The zero-order valence-corrected chi connectivity index (χ0v) is 29.6. The molecule has 16 heteroatoms. The molecule has 0 bridgehead atoms. The Morgan fingerprint density at radius 3 is 2.35 bits per heavy atom. The third kappa shape index (κ3) is 8.45. The van der Waals surface area contributed by atoms with Crippen LogP contribution in [0.15, 0.2) is 81.7 Å². The number of aryl methyl sites for hydroxylation is 1. The number of carbonyl (C=O) groups excluding carboxylic acids is 1. The highest BCUT2D eigenvalue weighted by atomic mass is 32.2. The predicted octanol–water partition coefficient (Wildman–Crippen LogP) is 4.51. The van der Waals surface area contributed by atoms with E-state index in [0.29, 0.717) is 48.2 Å². The lowest BCUT2D eigenvalue weighted by atomic mass is 9.87. The minimum absolute atomic E-state index is 0.0696. The van der Waals surface area contributed by atoms with E-state index in [9.17, 15) is 26.2 Å². The number of aromatic nitrogens is 3. The Balaban J connectivity index is 1.38. The van der Waals surface area contributed by atoms with E-state index in [1.165, 1.54) is 23.0 Å². The minimum atomic E-state index is -4.45. The average Bonchev–Trinajstić information content (AvgIpc) is 3.59. The molecule has 3 N–H and O–H groups in total. The van der Waals surface area contributed by atoms with Crippen molar-refractivity contribution in [3.8, 4) is 11.4 Å². The molecule has 0 atom stereocenters. The SMILES string of the molecule is CCN(CCNS(C)(=O)=O)c1ccc(/N=C2/C(C(C)(C)C)=Nn3nc(-c4ccc(NC(=O)c5cccc(S(=O)(=O)O)c5)cc4)nc32)c(C)c1. The Morgan fingerprint density at radius 1 is 1.02 bits per heavy atom. The van der Waals surface area contributed by atoms with E-state index < -0.39 is 26.0 Å². The zero-order valence-electron chi connectivity index (χ0n) is 28.0. The van der Waals surface area contributed by atoms with Gasteiger partial charge in [-0.05, 0) is 80.1 Å². The van der Waals surface area contributed by atoms with Crippen molar-refractivity contribution in [1.29, 1.82) is 0 Å². The smallest absolute Gasteiger partial charge is 0.294 e. The molecule has 258 valence electrons. The van der Waals surface area contributed by atoms with Gasteiger partial charge in [-0.15, -0.1) is 9.89 Å². The number of anilines is 2. The van der Waals surface area contributed by atoms with Crippen molar-refractivity contribution in [2.45, 2.75) is 39.5 Å². The Kier molecular flexibility index (Phi) is 9.88. The largest absolute Gasteiger partial charge is 0.370 e. The van der Waals surface area contributed by atoms with Crippen molar-refractivity contribution in [3.05, 3.63) is 83.7 Å². The number of hydrogen-bond acceptors (Lipinski definition) is 10. The van der Waals surface area contributed by atoms with Crippen LogP contribution in [-0.2, 0) is 20.1 Å². The fraction of sp³-hybridized carbons (Fsp3) is 0.303. The molecule has 1 aromatic heterocycles. The highest BCUT2D eigenvalue weighted by Crippen LogP contribution is 2.31. The van der Waals surface area contributed by atoms with Crippen molar-refractivity contribution in [2.24, 2.45) is 15.5 Å². The van der Waals surface area contributed by atoms with Crippen LogP contribution in [0.25, 0.3) is 11.4 Å². The summed E-state index contributed by atoms with van der Waals surface area (Å²) in [6.45, 7) is 11.6. The quantitative estimate of drug-likeness (QED) is 0.189. The van der Waals surface area contributed by atoms with Crippen molar-refractivity contribution in [2.75, 3.05) is 36.1 Å². The van der Waals surface area contributed by atoms with Gasteiger partial charge in [0.1, 0.15) is 5.71 Å². The fourth-order valence-corrected chi connectivity index (χ4v) is 6.11. The Morgan fingerprint density at radius 2 is 1.73 bits per heavy atom. The Labute approximate surface area is 285 Å². The first-order valence-electron chi connectivity index (χ1n) is 15.4. The second kappa shape index (κ2) is 13.6. The van der Waals surface area contributed by atoms with Crippen LogP contribution in [0.2, 0.25) is 0 Å². The van der Waals surface area contributed by atoms with Gasteiger partial charge < -0.3 is 10.2 Å². The minimum Gasteiger partial charge on any atom is -0.370 e. The molecule has 14 nitrogen and oxygen atoms in total. The fourth-order valence-electron chi connectivity index (χ4n) is 5.12. The van der Waals surface area contributed by atoms with Crippen LogP contribution in [0.5, 0.6) is 0 Å². The number of likely N-dealkylation sites (N-methyl/N-ethyl adjacent to an activating group) is 1. The molecule has 1 amide bonds. The van der Waals surface area contributed by atoms with Gasteiger partial charge in [-0.1, -0.05) is 26.8 Å². The molecule has 1 aliphatic rings. The normalized spacial score (nSPS) is 14.1. The molecule has 4 aromatic rings. The topological polar surface area (TPSA) is 188 Å². The monoisotopic (exact) mass is 706 g/mol. The molecule has 3 aromatic carbocycles. The summed E-state index contributed by atoms with van der Waals surface area (Å²) < 4.78 is 57.7. The zero-order chi connectivity index (χ0) is 35.7. The number of carbonyl (C=O) groups is 1. The molecule has 5 rings (SSSR count). The summed E-state index contributed by atoms with van der Waals surface area (Å²) in [6, 6.07) is 17.9. The summed E-state index contributed by atoms with van der Waals surface area (Å²) in [5, 5.41) is 12.1. The number of fused-ring (bicyclic) bond motifs is 1. The number of sulfonamides is 1. The van der Waals surface area contributed by atoms with E-state index in [4.69, 9.17) is 15.1 Å². The molecule has 0 saturated heterocycles. The van der Waals surface area contributed by atoms with Gasteiger partial charge in [-0.25, -0.2) is 23.1 Å². The van der Waals surface area contributed by atoms with Gasteiger partial charge in [0, 0.05) is 47.6 Å². The van der Waals surface area contributed by atoms with Gasteiger partial charge >= 0.3 is 0 Å². The lowest BCUT2D eigenvalue weighted by molar-refractivity contribution is 0.102. The molecule has 0 unspecified atom stereocenters. The molecule has 1 aliphatic heterocycles. The van der Waals surface area contributed by atoms with Crippen LogP contribution in [0.3, 0.4) is 0 Å². The van der Waals surface area contributed by atoms with Gasteiger partial charge in [-0.3, -0.25) is 9.35 Å². The molecule has 2 heterocycles. The molecule has 49 heavy (non-hydrogen) atoms. The van der Waals surface area contributed by atoms with Crippen LogP contribution in [0.1, 0.15) is 49.4 Å². The summed E-state index contributed by atoms with van der Waals surface area (Å²) >= 11 is 0. The third-order valence-corrected chi connectivity index (χ3v) is 9.21. The van der Waals surface area contributed by atoms with Gasteiger partial charge in [0.15, 0.2) is 5.82 Å². The van der Waals surface area contributed by atoms with Crippen LogP contribution < -0.4 is 14.9 Å². The first-order valence-corrected chi connectivity index (χ1v) is 18.7. The number of nitrogens with one attached hydrogen (secondary N) is 2. The second-order valence-electron chi connectivity index (χ2n) is 12.6. The Hall–Kier alpha value is -4.77. The molecule has 0 spiro atoms. The number of nitrogens with zero attached hydrogens (tertiary/aromatic N) is 6. The van der Waals surface area contributed by atoms with E-state index in [2.05, 4.69) is 20.0 Å². The van der Waals surface area contributed by atoms with Crippen molar-refractivity contribution < 1.29 is 26.2 Å². The van der Waals surface area contributed by atoms with E-state index in [1.807, 2.05) is 52.8 Å². The Bertz CT molecular complexity index is 2190. The van der Waals surface area contributed by atoms with E-state index >= 15 is 0 Å². The molecule has 0 radical (unpaired) electrons. The summed E-state index contributed by atoms with van der Waals surface area (Å²) in [4.78, 5) is 25.7. The van der Waals surface area contributed by atoms with Crippen molar-refractivity contribution in [1.82, 2.24) is 19.6 Å². The lowest BCUT2D eigenvalue weighted by Gasteiger charge is -2.24. The number of amides is 1. The number of benzene rings is 3. The van der Waals surface area contributed by atoms with Gasteiger partial charge in [0.2, 0.25) is 15.8 Å².